The minimum atomic E-state index is -0.614. The fourth-order valence-corrected chi connectivity index (χ4v) is 2.92. The lowest BCUT2D eigenvalue weighted by Gasteiger charge is -2.11. The van der Waals surface area contributed by atoms with Gasteiger partial charge >= 0.3 is 5.97 Å². The highest BCUT2D eigenvalue weighted by Crippen LogP contribution is 2.26. The topological polar surface area (TPSA) is 64.6 Å². The number of nitrogens with one attached hydrogen (secondary N) is 1. The summed E-state index contributed by atoms with van der Waals surface area (Å²) in [5.74, 6) is -0.630. The van der Waals surface area contributed by atoms with Crippen molar-refractivity contribution in [1.29, 1.82) is 0 Å². The average Bonchev–Trinajstić information content (AvgIpc) is 2.65. The minimum absolute atomic E-state index is 0.279. The average molecular weight is 414 g/mol. The van der Waals surface area contributed by atoms with Gasteiger partial charge in [0, 0.05) is 10.2 Å². The van der Waals surface area contributed by atoms with Crippen molar-refractivity contribution in [2.75, 3.05) is 19.0 Å². The first-order valence-corrected chi connectivity index (χ1v) is 8.65. The van der Waals surface area contributed by atoms with Crippen LogP contribution >= 0.6 is 15.9 Å². The third kappa shape index (κ3) is 4.21. The highest BCUT2D eigenvalue weighted by molar-refractivity contribution is 9.10. The van der Waals surface area contributed by atoms with Crippen LogP contribution in [-0.2, 0) is 9.53 Å². The van der Waals surface area contributed by atoms with Crippen molar-refractivity contribution in [2.24, 2.45) is 0 Å². The Bertz CT molecular complexity index is 971. The molecule has 1 N–H and O–H groups in total. The normalized spacial score (nSPS) is 10.4. The van der Waals surface area contributed by atoms with E-state index in [4.69, 9.17) is 9.47 Å². The molecule has 6 heteroatoms. The van der Waals surface area contributed by atoms with E-state index in [0.29, 0.717) is 11.4 Å². The zero-order chi connectivity index (χ0) is 18.5. The Labute approximate surface area is 159 Å². The molecule has 3 rings (SSSR count). The van der Waals surface area contributed by atoms with E-state index in [9.17, 15) is 9.59 Å². The van der Waals surface area contributed by atoms with E-state index in [2.05, 4.69) is 21.2 Å². The van der Waals surface area contributed by atoms with E-state index in [-0.39, 0.29) is 12.2 Å². The molecule has 0 saturated carbocycles. The lowest BCUT2D eigenvalue weighted by atomic mass is 10.1. The predicted molar refractivity (Wildman–Crippen MR) is 104 cm³/mol. The van der Waals surface area contributed by atoms with Crippen LogP contribution in [0, 0.1) is 0 Å². The van der Waals surface area contributed by atoms with Gasteiger partial charge < -0.3 is 14.8 Å². The summed E-state index contributed by atoms with van der Waals surface area (Å²) in [5.41, 5.74) is 0.894. The SMILES string of the molecule is COc1cc2ccccc2cc1C(=O)OCC(=O)Nc1cccc(Br)c1. The maximum Gasteiger partial charge on any atom is 0.342 e. The molecule has 3 aromatic rings. The Morgan fingerprint density at radius 2 is 1.73 bits per heavy atom. The Morgan fingerprint density at radius 1 is 1.00 bits per heavy atom. The number of benzene rings is 3. The molecule has 0 heterocycles. The summed E-state index contributed by atoms with van der Waals surface area (Å²) in [6.07, 6.45) is 0. The van der Waals surface area contributed by atoms with Crippen LogP contribution in [0.25, 0.3) is 10.8 Å². The molecular formula is C20H16BrNO4. The van der Waals surface area contributed by atoms with Crippen LogP contribution < -0.4 is 10.1 Å². The third-order valence-corrected chi connectivity index (χ3v) is 4.22. The molecular weight excluding hydrogens is 398 g/mol. The maximum atomic E-state index is 12.4. The molecule has 5 nitrogen and oxygen atoms in total. The standard InChI is InChI=1S/C20H16BrNO4/c1-25-18-10-14-6-3-2-5-13(14)9-17(18)20(24)26-12-19(23)22-16-8-4-7-15(21)11-16/h2-11H,12H2,1H3,(H,22,23). The summed E-state index contributed by atoms with van der Waals surface area (Å²) in [7, 11) is 1.49. The van der Waals surface area contributed by atoms with Crippen molar-refractivity contribution in [3.63, 3.8) is 0 Å². The second kappa shape index (κ2) is 8.01. The first-order chi connectivity index (χ1) is 12.6. The van der Waals surface area contributed by atoms with Crippen LogP contribution in [0.4, 0.5) is 5.69 Å². The molecule has 0 aliphatic carbocycles. The number of anilines is 1. The smallest absolute Gasteiger partial charge is 0.342 e. The van der Waals surface area contributed by atoms with E-state index in [1.807, 2.05) is 30.3 Å². The van der Waals surface area contributed by atoms with Gasteiger partial charge in [-0.2, -0.15) is 0 Å². The summed E-state index contributed by atoms with van der Waals surface area (Å²) in [6.45, 7) is -0.388. The van der Waals surface area contributed by atoms with Gasteiger partial charge in [0.15, 0.2) is 6.61 Å². The summed E-state index contributed by atoms with van der Waals surface area (Å²) in [6, 6.07) is 18.2. The predicted octanol–water partition coefficient (Wildman–Crippen LogP) is 4.41. The summed E-state index contributed by atoms with van der Waals surface area (Å²) >= 11 is 3.33. The number of hydrogen-bond donors (Lipinski definition) is 1. The second-order valence-electron chi connectivity index (χ2n) is 5.53. The fourth-order valence-electron chi connectivity index (χ4n) is 2.52. The van der Waals surface area contributed by atoms with Crippen LogP contribution in [0.2, 0.25) is 0 Å². The zero-order valence-corrected chi connectivity index (χ0v) is 15.6. The van der Waals surface area contributed by atoms with Gasteiger partial charge in [-0.3, -0.25) is 4.79 Å². The third-order valence-electron chi connectivity index (χ3n) is 3.73. The van der Waals surface area contributed by atoms with Crippen molar-refractivity contribution >= 4 is 44.3 Å². The molecule has 0 saturated heterocycles. The molecule has 0 spiro atoms. The summed E-state index contributed by atoms with van der Waals surface area (Å²) < 4.78 is 11.3. The van der Waals surface area contributed by atoms with E-state index in [1.165, 1.54) is 7.11 Å². The van der Waals surface area contributed by atoms with Crippen molar-refractivity contribution < 1.29 is 19.1 Å². The first-order valence-electron chi connectivity index (χ1n) is 7.86. The molecule has 132 valence electrons. The van der Waals surface area contributed by atoms with Gasteiger partial charge in [-0.05, 0) is 41.1 Å². The van der Waals surface area contributed by atoms with Gasteiger partial charge in [0.1, 0.15) is 11.3 Å². The van der Waals surface area contributed by atoms with Crippen LogP contribution in [0.5, 0.6) is 5.75 Å². The Hall–Kier alpha value is -2.86. The van der Waals surface area contributed by atoms with Gasteiger partial charge in [-0.1, -0.05) is 46.3 Å². The second-order valence-corrected chi connectivity index (χ2v) is 6.45. The monoisotopic (exact) mass is 413 g/mol. The number of methoxy groups -OCH3 is 1. The highest BCUT2D eigenvalue weighted by Gasteiger charge is 2.16. The number of fused-ring (bicyclic) bond motifs is 1. The van der Waals surface area contributed by atoms with Crippen LogP contribution in [-0.4, -0.2) is 25.6 Å². The van der Waals surface area contributed by atoms with Crippen LogP contribution in [0.1, 0.15) is 10.4 Å². The molecule has 0 aliphatic rings. The Morgan fingerprint density at radius 3 is 2.42 bits per heavy atom. The van der Waals surface area contributed by atoms with Crippen LogP contribution in [0.15, 0.2) is 65.1 Å². The number of carbonyl (C=O) groups excluding carboxylic acids is 2. The van der Waals surface area contributed by atoms with Gasteiger partial charge in [-0.15, -0.1) is 0 Å². The number of esters is 1. The molecule has 0 aromatic heterocycles. The van der Waals surface area contributed by atoms with Crippen molar-refractivity contribution in [1.82, 2.24) is 0 Å². The number of halogens is 1. The quantitative estimate of drug-likeness (QED) is 0.629. The molecule has 1 amide bonds. The van der Waals surface area contributed by atoms with Gasteiger partial charge in [-0.25, -0.2) is 4.79 Å². The van der Waals surface area contributed by atoms with E-state index >= 15 is 0 Å². The van der Waals surface area contributed by atoms with E-state index in [0.717, 1.165) is 15.2 Å². The maximum absolute atomic E-state index is 12.4. The fraction of sp³-hybridized carbons (Fsp3) is 0.100. The lowest BCUT2D eigenvalue weighted by molar-refractivity contribution is -0.119. The van der Waals surface area contributed by atoms with Crippen LogP contribution in [0.3, 0.4) is 0 Å². The number of hydrogen-bond acceptors (Lipinski definition) is 4. The first kappa shape index (κ1) is 17.9. The largest absolute Gasteiger partial charge is 0.496 e. The molecule has 26 heavy (non-hydrogen) atoms. The van der Waals surface area contributed by atoms with Crippen molar-refractivity contribution in [2.45, 2.75) is 0 Å². The molecule has 0 fully saturated rings. The molecule has 0 atom stereocenters. The number of carbonyl (C=O) groups is 2. The Balaban J connectivity index is 1.69. The molecule has 0 radical (unpaired) electrons. The molecule has 0 unspecified atom stereocenters. The number of rotatable bonds is 5. The summed E-state index contributed by atoms with van der Waals surface area (Å²) in [5, 5.41) is 4.51. The van der Waals surface area contributed by atoms with Gasteiger partial charge in [0.05, 0.1) is 7.11 Å². The van der Waals surface area contributed by atoms with Gasteiger partial charge in [0.25, 0.3) is 5.91 Å². The van der Waals surface area contributed by atoms with E-state index < -0.39 is 11.9 Å². The zero-order valence-electron chi connectivity index (χ0n) is 14.0. The van der Waals surface area contributed by atoms with Gasteiger partial charge in [0.2, 0.25) is 0 Å². The molecule has 0 aliphatic heterocycles. The minimum Gasteiger partial charge on any atom is -0.496 e. The lowest BCUT2D eigenvalue weighted by Crippen LogP contribution is -2.21. The van der Waals surface area contributed by atoms with Crippen molar-refractivity contribution in [3.8, 4) is 5.75 Å². The number of ether oxygens (including phenoxy) is 2. The molecule has 3 aromatic carbocycles. The van der Waals surface area contributed by atoms with E-state index in [1.54, 1.807) is 30.3 Å². The summed E-state index contributed by atoms with van der Waals surface area (Å²) in [4.78, 5) is 24.4. The Kier molecular flexibility index (Phi) is 5.53. The number of amides is 1. The van der Waals surface area contributed by atoms with Crippen molar-refractivity contribution in [3.05, 3.63) is 70.7 Å². The molecule has 0 bridgehead atoms. The highest BCUT2D eigenvalue weighted by atomic mass is 79.9.